The van der Waals surface area contributed by atoms with Crippen LogP contribution in [-0.4, -0.2) is 23.8 Å². The minimum absolute atomic E-state index is 0.0611. The molecule has 0 aliphatic heterocycles. The number of quaternary nitrogens is 1. The van der Waals surface area contributed by atoms with Crippen LogP contribution in [0.5, 0.6) is 11.5 Å². The molecule has 0 aliphatic carbocycles. The largest absolute Gasteiger partial charge is 0.497 e. The van der Waals surface area contributed by atoms with Crippen LogP contribution in [-0.2, 0) is 7.05 Å². The zero-order valence-corrected chi connectivity index (χ0v) is 10.9. The highest BCUT2D eigenvalue weighted by Gasteiger charge is 2.18. The van der Waals surface area contributed by atoms with Crippen LogP contribution in [0.3, 0.4) is 0 Å². The highest BCUT2D eigenvalue weighted by atomic mass is 16.5. The summed E-state index contributed by atoms with van der Waals surface area (Å²) in [5, 5.41) is 0. The molecular weight excluding hydrogens is 230 g/mol. The molecule has 5 heteroatoms. The molecule has 1 aromatic carbocycles. The molecule has 0 saturated carbocycles. The summed E-state index contributed by atoms with van der Waals surface area (Å²) in [6.07, 6.45) is 3.68. The lowest BCUT2D eigenvalue weighted by Gasteiger charge is -2.12. The number of nitrogens with zero attached hydrogens (tertiary/aromatic N) is 2. The third-order valence-corrected chi connectivity index (χ3v) is 2.95. The second kappa shape index (κ2) is 5.10. The lowest BCUT2D eigenvalue weighted by Crippen LogP contribution is -2.55. The van der Waals surface area contributed by atoms with Crippen molar-refractivity contribution in [1.82, 2.24) is 9.55 Å². The molecule has 0 fully saturated rings. The molecule has 1 heterocycles. The normalized spacial score (nSPS) is 12.2. The molecule has 18 heavy (non-hydrogen) atoms. The quantitative estimate of drug-likeness (QED) is 0.869. The molecule has 0 saturated heterocycles. The Morgan fingerprint density at radius 1 is 1.17 bits per heavy atom. The minimum atomic E-state index is -0.0611. The van der Waals surface area contributed by atoms with Crippen LogP contribution in [0.4, 0.5) is 0 Å². The molecule has 96 valence electrons. The first-order valence-corrected chi connectivity index (χ1v) is 5.69. The molecule has 5 nitrogen and oxygen atoms in total. The third-order valence-electron chi connectivity index (χ3n) is 2.95. The molecule has 1 aromatic heterocycles. The van der Waals surface area contributed by atoms with Gasteiger partial charge in [0.25, 0.3) is 0 Å². The lowest BCUT2D eigenvalue weighted by molar-refractivity contribution is -0.414. The first kappa shape index (κ1) is 12.4. The van der Waals surface area contributed by atoms with Crippen LogP contribution < -0.4 is 15.2 Å². The smallest absolute Gasteiger partial charge is 0.172 e. The van der Waals surface area contributed by atoms with Crippen molar-refractivity contribution in [3.8, 4) is 11.5 Å². The molecule has 0 unspecified atom stereocenters. The number of aryl methyl sites for hydroxylation is 1. The topological polar surface area (TPSA) is 63.9 Å². The summed E-state index contributed by atoms with van der Waals surface area (Å²) >= 11 is 0. The maximum atomic E-state index is 5.26. The van der Waals surface area contributed by atoms with Crippen LogP contribution in [0.15, 0.2) is 30.6 Å². The average molecular weight is 248 g/mol. The summed E-state index contributed by atoms with van der Waals surface area (Å²) in [7, 11) is 5.23. The van der Waals surface area contributed by atoms with E-state index in [-0.39, 0.29) is 6.04 Å². The van der Waals surface area contributed by atoms with Gasteiger partial charge in [-0.05, 0) is 12.1 Å². The molecule has 0 aliphatic rings. The Balaban J connectivity index is 2.41. The van der Waals surface area contributed by atoms with Gasteiger partial charge < -0.3 is 19.8 Å². The summed E-state index contributed by atoms with van der Waals surface area (Å²) in [6, 6.07) is 5.69. The van der Waals surface area contributed by atoms with Crippen molar-refractivity contribution in [2.75, 3.05) is 14.2 Å². The zero-order valence-electron chi connectivity index (χ0n) is 10.9. The van der Waals surface area contributed by atoms with E-state index in [1.165, 1.54) is 0 Å². The van der Waals surface area contributed by atoms with Gasteiger partial charge in [-0.1, -0.05) is 0 Å². The fourth-order valence-electron chi connectivity index (χ4n) is 1.89. The molecular formula is C13H18N3O2+. The Morgan fingerprint density at radius 2 is 1.78 bits per heavy atom. The lowest BCUT2D eigenvalue weighted by atomic mass is 10.1. The monoisotopic (exact) mass is 248 g/mol. The molecule has 0 radical (unpaired) electrons. The SMILES string of the molecule is COc1cc(OC)cc([C@H]([NH3+])c2nccn2C)c1. The summed E-state index contributed by atoms with van der Waals surface area (Å²) in [5.74, 6) is 2.42. The van der Waals surface area contributed by atoms with Gasteiger partial charge in [-0.15, -0.1) is 0 Å². The standard InChI is InChI=1S/C13H17N3O2/c1-16-5-4-15-13(16)12(14)9-6-10(17-2)8-11(7-9)18-3/h4-8,12H,14H2,1-3H3/p+1/t12-/m0/s1. The number of methoxy groups -OCH3 is 2. The van der Waals surface area contributed by atoms with Crippen LogP contribution in [0.25, 0.3) is 0 Å². The number of ether oxygens (including phenoxy) is 2. The second-order valence-corrected chi connectivity index (χ2v) is 4.09. The van der Waals surface area contributed by atoms with Gasteiger partial charge in [-0.25, -0.2) is 4.98 Å². The molecule has 0 bridgehead atoms. The van der Waals surface area contributed by atoms with E-state index >= 15 is 0 Å². The summed E-state index contributed by atoms with van der Waals surface area (Å²) in [4.78, 5) is 4.32. The van der Waals surface area contributed by atoms with Crippen LogP contribution >= 0.6 is 0 Å². The van der Waals surface area contributed by atoms with Gasteiger partial charge in [0.15, 0.2) is 11.9 Å². The van der Waals surface area contributed by atoms with E-state index < -0.39 is 0 Å². The van der Waals surface area contributed by atoms with Crippen molar-refractivity contribution in [3.63, 3.8) is 0 Å². The van der Waals surface area contributed by atoms with Crippen molar-refractivity contribution in [1.29, 1.82) is 0 Å². The Kier molecular flexibility index (Phi) is 3.53. The van der Waals surface area contributed by atoms with E-state index in [1.807, 2.05) is 36.0 Å². The Hall–Kier alpha value is -2.01. The van der Waals surface area contributed by atoms with Crippen molar-refractivity contribution in [2.24, 2.45) is 7.05 Å². The molecule has 2 rings (SSSR count). The van der Waals surface area contributed by atoms with E-state index in [2.05, 4.69) is 10.7 Å². The van der Waals surface area contributed by atoms with Crippen LogP contribution in [0.1, 0.15) is 17.4 Å². The van der Waals surface area contributed by atoms with Gasteiger partial charge in [-0.2, -0.15) is 0 Å². The summed E-state index contributed by atoms with van der Waals surface area (Å²) in [5.41, 5.74) is 5.18. The van der Waals surface area contributed by atoms with Gasteiger partial charge in [0.05, 0.1) is 14.2 Å². The van der Waals surface area contributed by atoms with E-state index in [4.69, 9.17) is 9.47 Å². The Morgan fingerprint density at radius 3 is 2.22 bits per heavy atom. The summed E-state index contributed by atoms with van der Waals surface area (Å²) < 4.78 is 12.5. The van der Waals surface area contributed by atoms with Gasteiger partial charge in [0, 0.05) is 31.1 Å². The van der Waals surface area contributed by atoms with E-state index in [1.54, 1.807) is 20.4 Å². The van der Waals surface area contributed by atoms with Gasteiger partial charge in [0.1, 0.15) is 11.5 Å². The number of hydrogen-bond donors (Lipinski definition) is 1. The van der Waals surface area contributed by atoms with Crippen molar-refractivity contribution < 1.29 is 15.2 Å². The molecule has 0 amide bonds. The first-order valence-electron chi connectivity index (χ1n) is 5.69. The first-order chi connectivity index (χ1) is 8.65. The summed E-state index contributed by atoms with van der Waals surface area (Å²) in [6.45, 7) is 0. The van der Waals surface area contributed by atoms with Crippen LogP contribution in [0.2, 0.25) is 0 Å². The molecule has 0 spiro atoms. The average Bonchev–Trinajstić information content (AvgIpc) is 2.83. The fourth-order valence-corrected chi connectivity index (χ4v) is 1.89. The van der Waals surface area contributed by atoms with Crippen molar-refractivity contribution >= 4 is 0 Å². The Bertz CT molecular complexity index is 515. The van der Waals surface area contributed by atoms with E-state index in [0.717, 1.165) is 22.9 Å². The van der Waals surface area contributed by atoms with Crippen molar-refractivity contribution in [2.45, 2.75) is 6.04 Å². The number of aromatic nitrogens is 2. The van der Waals surface area contributed by atoms with Gasteiger partial charge in [0.2, 0.25) is 0 Å². The third kappa shape index (κ3) is 2.31. The predicted molar refractivity (Wildman–Crippen MR) is 67.5 cm³/mol. The van der Waals surface area contributed by atoms with E-state index in [9.17, 15) is 0 Å². The maximum absolute atomic E-state index is 5.26. The highest BCUT2D eigenvalue weighted by Crippen LogP contribution is 2.27. The number of hydrogen-bond acceptors (Lipinski definition) is 3. The zero-order chi connectivity index (χ0) is 13.1. The molecule has 3 N–H and O–H groups in total. The Labute approximate surface area is 106 Å². The second-order valence-electron chi connectivity index (χ2n) is 4.09. The van der Waals surface area contributed by atoms with Gasteiger partial charge >= 0.3 is 0 Å². The number of rotatable bonds is 4. The van der Waals surface area contributed by atoms with Gasteiger partial charge in [-0.3, -0.25) is 0 Å². The van der Waals surface area contributed by atoms with E-state index in [0.29, 0.717) is 0 Å². The maximum Gasteiger partial charge on any atom is 0.172 e. The van der Waals surface area contributed by atoms with Crippen LogP contribution in [0, 0.1) is 0 Å². The number of imidazole rings is 1. The minimum Gasteiger partial charge on any atom is -0.497 e. The fraction of sp³-hybridized carbons (Fsp3) is 0.308. The number of benzene rings is 1. The highest BCUT2D eigenvalue weighted by molar-refractivity contribution is 5.40. The van der Waals surface area contributed by atoms with Crippen molar-refractivity contribution in [3.05, 3.63) is 42.0 Å². The molecule has 1 atom stereocenters. The predicted octanol–water partition coefficient (Wildman–Crippen LogP) is 0.769. The molecule has 2 aromatic rings.